The zero-order chi connectivity index (χ0) is 24.7. The predicted octanol–water partition coefficient (Wildman–Crippen LogP) is 7.15. The SMILES string of the molecule is Cc1c(N)ccc2c1C[C@@H](C)N(CC(C)(F)COSC(C)(C)C)C2c1c(F)cc(Br)cc1F. The van der Waals surface area contributed by atoms with Crippen molar-refractivity contribution in [3.8, 4) is 0 Å². The number of fused-ring (bicyclic) bond motifs is 1. The summed E-state index contributed by atoms with van der Waals surface area (Å²) in [5, 5.41) is 0. The molecule has 1 aliphatic heterocycles. The molecular weight excluding hydrogens is 513 g/mol. The van der Waals surface area contributed by atoms with Gasteiger partial charge in [0.05, 0.1) is 12.6 Å². The van der Waals surface area contributed by atoms with E-state index >= 15 is 13.2 Å². The zero-order valence-corrected chi connectivity index (χ0v) is 22.3. The number of anilines is 1. The zero-order valence-electron chi connectivity index (χ0n) is 19.9. The summed E-state index contributed by atoms with van der Waals surface area (Å²) in [4.78, 5) is 1.85. The standard InChI is InChI=1S/C25H32BrF3N2OS/c1-14-9-18-15(2)21(30)8-7-17(18)23(22-19(27)10-16(26)11-20(22)28)31(14)12-25(6,29)13-32-33-24(3,4)5/h7-8,10-11,14,23H,9,12-13,30H2,1-6H3/t14-,23?,25?/m1/s1. The summed E-state index contributed by atoms with van der Waals surface area (Å²) < 4.78 is 51.8. The molecule has 0 saturated carbocycles. The van der Waals surface area contributed by atoms with Crippen LogP contribution in [0.4, 0.5) is 18.9 Å². The summed E-state index contributed by atoms with van der Waals surface area (Å²) in [7, 11) is 0. The number of rotatable bonds is 6. The van der Waals surface area contributed by atoms with Gasteiger partial charge in [0.15, 0.2) is 0 Å². The molecule has 0 radical (unpaired) electrons. The second-order valence-electron chi connectivity index (χ2n) is 10.1. The Morgan fingerprint density at radius 2 is 1.79 bits per heavy atom. The van der Waals surface area contributed by atoms with Crippen molar-refractivity contribution in [2.24, 2.45) is 0 Å². The van der Waals surface area contributed by atoms with E-state index in [-0.39, 0.29) is 29.5 Å². The smallest absolute Gasteiger partial charge is 0.145 e. The fourth-order valence-corrected chi connectivity index (χ4v) is 5.37. The molecule has 0 amide bonds. The largest absolute Gasteiger partial charge is 0.399 e. The third-order valence-electron chi connectivity index (χ3n) is 5.87. The monoisotopic (exact) mass is 544 g/mol. The van der Waals surface area contributed by atoms with Gasteiger partial charge in [-0.3, -0.25) is 4.90 Å². The van der Waals surface area contributed by atoms with E-state index in [9.17, 15) is 0 Å². The van der Waals surface area contributed by atoms with Crippen LogP contribution in [0.2, 0.25) is 0 Å². The summed E-state index contributed by atoms with van der Waals surface area (Å²) in [6.07, 6.45) is 0.607. The number of nitrogens with two attached hydrogens (primary N) is 1. The van der Waals surface area contributed by atoms with Gasteiger partial charge in [-0.15, -0.1) is 0 Å². The van der Waals surface area contributed by atoms with E-state index in [1.807, 2.05) is 45.6 Å². The molecule has 3 rings (SSSR count). The van der Waals surface area contributed by atoms with Crippen molar-refractivity contribution in [2.45, 2.75) is 70.5 Å². The van der Waals surface area contributed by atoms with Gasteiger partial charge in [0.2, 0.25) is 0 Å². The maximum absolute atomic E-state index is 15.7. The Bertz CT molecular complexity index is 1000. The van der Waals surface area contributed by atoms with E-state index in [1.54, 1.807) is 6.07 Å². The Morgan fingerprint density at radius 3 is 2.36 bits per heavy atom. The lowest BCUT2D eigenvalue weighted by Crippen LogP contribution is -2.50. The first-order valence-electron chi connectivity index (χ1n) is 11.0. The molecule has 3 nitrogen and oxygen atoms in total. The number of alkyl halides is 1. The van der Waals surface area contributed by atoms with E-state index in [4.69, 9.17) is 9.92 Å². The van der Waals surface area contributed by atoms with Crippen LogP contribution in [0.1, 0.15) is 62.9 Å². The van der Waals surface area contributed by atoms with E-state index in [0.29, 0.717) is 16.6 Å². The number of hydrogen-bond donors (Lipinski definition) is 1. The second kappa shape index (κ2) is 9.80. The highest BCUT2D eigenvalue weighted by atomic mass is 79.9. The summed E-state index contributed by atoms with van der Waals surface area (Å²) in [6, 6.07) is 5.09. The molecule has 182 valence electrons. The van der Waals surface area contributed by atoms with Gasteiger partial charge >= 0.3 is 0 Å². The van der Waals surface area contributed by atoms with Crippen LogP contribution in [0.15, 0.2) is 28.7 Å². The Hall–Kier alpha value is -1.22. The van der Waals surface area contributed by atoms with E-state index in [1.165, 1.54) is 31.1 Å². The van der Waals surface area contributed by atoms with Gasteiger partial charge < -0.3 is 9.92 Å². The first kappa shape index (κ1) is 26.4. The van der Waals surface area contributed by atoms with Crippen LogP contribution in [0.25, 0.3) is 0 Å². The highest BCUT2D eigenvalue weighted by Crippen LogP contribution is 2.43. The van der Waals surface area contributed by atoms with Gasteiger partial charge in [-0.25, -0.2) is 13.2 Å². The normalized spacial score (nSPS) is 21.0. The van der Waals surface area contributed by atoms with E-state index in [0.717, 1.165) is 16.7 Å². The third kappa shape index (κ3) is 6.08. The predicted molar refractivity (Wildman–Crippen MR) is 134 cm³/mol. The summed E-state index contributed by atoms with van der Waals surface area (Å²) in [5.74, 6) is -1.35. The Labute approximate surface area is 207 Å². The number of halogens is 4. The quantitative estimate of drug-likeness (QED) is 0.309. The second-order valence-corrected chi connectivity index (χ2v) is 12.7. The van der Waals surface area contributed by atoms with Gasteiger partial charge in [0, 0.05) is 33.1 Å². The van der Waals surface area contributed by atoms with Gasteiger partial charge in [-0.2, -0.15) is 0 Å². The number of hydrogen-bond acceptors (Lipinski definition) is 4. The average molecular weight is 546 g/mol. The van der Waals surface area contributed by atoms with Crippen molar-refractivity contribution in [3.05, 3.63) is 62.6 Å². The summed E-state index contributed by atoms with van der Waals surface area (Å²) in [6.45, 7) is 11.1. The fraction of sp³-hybridized carbons (Fsp3) is 0.520. The molecule has 0 spiro atoms. The molecule has 0 aliphatic carbocycles. The lowest BCUT2D eigenvalue weighted by atomic mass is 9.81. The van der Waals surface area contributed by atoms with Crippen LogP contribution in [0, 0.1) is 18.6 Å². The highest BCUT2D eigenvalue weighted by Gasteiger charge is 2.41. The summed E-state index contributed by atoms with van der Waals surface area (Å²) in [5.41, 5.74) is 7.56. The minimum Gasteiger partial charge on any atom is -0.399 e. The van der Waals surface area contributed by atoms with Crippen LogP contribution >= 0.6 is 28.0 Å². The van der Waals surface area contributed by atoms with Crippen molar-refractivity contribution < 1.29 is 17.4 Å². The van der Waals surface area contributed by atoms with Crippen molar-refractivity contribution in [3.63, 3.8) is 0 Å². The maximum Gasteiger partial charge on any atom is 0.145 e. The van der Waals surface area contributed by atoms with Crippen LogP contribution in [0.5, 0.6) is 0 Å². The van der Waals surface area contributed by atoms with E-state index < -0.39 is 23.3 Å². The molecule has 0 saturated heterocycles. The highest BCUT2D eigenvalue weighted by molar-refractivity contribution is 9.10. The molecule has 0 aromatic heterocycles. The molecule has 1 heterocycles. The molecule has 1 aliphatic rings. The maximum atomic E-state index is 15.7. The molecular formula is C25H32BrF3N2OS. The lowest BCUT2D eigenvalue weighted by Gasteiger charge is -2.45. The summed E-state index contributed by atoms with van der Waals surface area (Å²) >= 11 is 4.38. The topological polar surface area (TPSA) is 38.5 Å². The van der Waals surface area contributed by atoms with Crippen LogP contribution < -0.4 is 5.73 Å². The first-order chi connectivity index (χ1) is 15.2. The molecule has 2 unspecified atom stereocenters. The Kier molecular flexibility index (Phi) is 7.83. The van der Waals surface area contributed by atoms with Crippen molar-refractivity contribution >= 4 is 33.7 Å². The van der Waals surface area contributed by atoms with Gasteiger partial charge in [-0.1, -0.05) is 22.0 Å². The van der Waals surface area contributed by atoms with Gasteiger partial charge in [-0.05, 0) is 94.9 Å². The fourth-order valence-electron chi connectivity index (χ4n) is 4.31. The minimum absolute atomic E-state index is 0.0403. The lowest BCUT2D eigenvalue weighted by molar-refractivity contribution is 0.0285. The molecule has 2 aromatic rings. The number of nitrogens with zero attached hydrogens (tertiary/aromatic N) is 1. The van der Waals surface area contributed by atoms with Crippen LogP contribution in [-0.2, 0) is 10.6 Å². The number of benzene rings is 2. The molecule has 0 fully saturated rings. The molecule has 0 bridgehead atoms. The third-order valence-corrected chi connectivity index (χ3v) is 7.06. The Balaban J connectivity index is 2.05. The molecule has 8 heteroatoms. The minimum atomic E-state index is -1.73. The molecule has 2 N–H and O–H groups in total. The van der Waals surface area contributed by atoms with Gasteiger partial charge in [0.1, 0.15) is 17.3 Å². The average Bonchev–Trinajstić information content (AvgIpc) is 2.65. The molecule has 33 heavy (non-hydrogen) atoms. The molecule has 3 atom stereocenters. The first-order valence-corrected chi connectivity index (χ1v) is 12.5. The number of nitrogen functional groups attached to an aromatic ring is 1. The Morgan fingerprint density at radius 1 is 1.18 bits per heavy atom. The van der Waals surface area contributed by atoms with Crippen molar-refractivity contribution in [1.29, 1.82) is 0 Å². The van der Waals surface area contributed by atoms with Gasteiger partial charge in [0.25, 0.3) is 0 Å². The van der Waals surface area contributed by atoms with Crippen molar-refractivity contribution in [2.75, 3.05) is 18.9 Å². The molecule has 2 aromatic carbocycles. The van der Waals surface area contributed by atoms with Crippen LogP contribution in [-0.4, -0.2) is 34.5 Å². The van der Waals surface area contributed by atoms with E-state index in [2.05, 4.69) is 15.9 Å². The van der Waals surface area contributed by atoms with Crippen molar-refractivity contribution in [1.82, 2.24) is 4.90 Å². The van der Waals surface area contributed by atoms with Crippen LogP contribution in [0.3, 0.4) is 0 Å².